The molecule has 2 nitrogen and oxygen atoms in total. The zero-order valence-corrected chi connectivity index (χ0v) is 9.39. The minimum Gasteiger partial charge on any atom is -0.306 e. The van der Waals surface area contributed by atoms with Crippen molar-refractivity contribution in [3.05, 3.63) is 61.1 Å². The first-order chi connectivity index (χ1) is 7.93. The van der Waals surface area contributed by atoms with Crippen LogP contribution in [0.15, 0.2) is 70.8 Å². The largest absolute Gasteiger partial charge is 0.306 e. The highest BCUT2D eigenvalue weighted by Gasteiger charge is 2.03. The van der Waals surface area contributed by atoms with E-state index in [1.165, 1.54) is 9.79 Å². The first-order valence-electron chi connectivity index (χ1n) is 5.08. The van der Waals surface area contributed by atoms with Crippen molar-refractivity contribution < 1.29 is 0 Å². The monoisotopic (exact) mass is 226 g/mol. The Morgan fingerprint density at radius 3 is 2.69 bits per heavy atom. The van der Waals surface area contributed by atoms with E-state index in [0.29, 0.717) is 0 Å². The fourth-order valence-corrected chi connectivity index (χ4v) is 2.56. The average molecular weight is 226 g/mol. The summed E-state index contributed by atoms with van der Waals surface area (Å²) in [6, 6.07) is 14.5. The molecule has 0 atom stereocenters. The van der Waals surface area contributed by atoms with E-state index in [4.69, 9.17) is 0 Å². The zero-order chi connectivity index (χ0) is 10.8. The lowest BCUT2D eigenvalue weighted by Gasteiger charge is -2.02. The molecule has 78 valence electrons. The van der Waals surface area contributed by atoms with Gasteiger partial charge in [0.15, 0.2) is 5.65 Å². The van der Waals surface area contributed by atoms with Crippen LogP contribution in [0.4, 0.5) is 0 Å². The van der Waals surface area contributed by atoms with E-state index in [1.807, 2.05) is 47.3 Å². The van der Waals surface area contributed by atoms with Crippen LogP contribution in [0.3, 0.4) is 0 Å². The van der Waals surface area contributed by atoms with E-state index in [-0.39, 0.29) is 0 Å². The van der Waals surface area contributed by atoms with Crippen LogP contribution in [0, 0.1) is 0 Å². The molecule has 1 aromatic carbocycles. The van der Waals surface area contributed by atoms with Gasteiger partial charge >= 0.3 is 0 Å². The summed E-state index contributed by atoms with van der Waals surface area (Å²) in [5.74, 6) is 0. The van der Waals surface area contributed by atoms with E-state index in [9.17, 15) is 0 Å². The van der Waals surface area contributed by atoms with Crippen LogP contribution in [0.25, 0.3) is 5.65 Å². The minimum absolute atomic E-state index is 1.01. The molecule has 0 aliphatic rings. The smallest absolute Gasteiger partial charge is 0.150 e. The van der Waals surface area contributed by atoms with Gasteiger partial charge in [-0.25, -0.2) is 4.98 Å². The Hall–Kier alpha value is -1.74. The van der Waals surface area contributed by atoms with Gasteiger partial charge in [-0.15, -0.1) is 0 Å². The Morgan fingerprint density at radius 2 is 1.81 bits per heavy atom. The first-order valence-corrected chi connectivity index (χ1v) is 5.90. The summed E-state index contributed by atoms with van der Waals surface area (Å²) in [7, 11) is 0. The number of pyridine rings is 1. The second-order valence-electron chi connectivity index (χ2n) is 3.45. The van der Waals surface area contributed by atoms with E-state index in [1.54, 1.807) is 11.8 Å². The molecule has 0 saturated heterocycles. The molecule has 0 spiro atoms. The third kappa shape index (κ3) is 1.70. The molecule has 16 heavy (non-hydrogen) atoms. The van der Waals surface area contributed by atoms with Gasteiger partial charge in [0.2, 0.25) is 0 Å². The molecule has 0 bridgehead atoms. The molecular weight excluding hydrogens is 216 g/mol. The molecule has 0 saturated carbocycles. The number of hydrogen-bond donors (Lipinski definition) is 0. The summed E-state index contributed by atoms with van der Waals surface area (Å²) >= 11 is 1.74. The molecular formula is C13H10N2S. The van der Waals surface area contributed by atoms with Gasteiger partial charge in [0.25, 0.3) is 0 Å². The summed E-state index contributed by atoms with van der Waals surface area (Å²) in [6.07, 6.45) is 5.80. The normalized spacial score (nSPS) is 10.8. The predicted octanol–water partition coefficient (Wildman–Crippen LogP) is 3.49. The molecule has 0 radical (unpaired) electrons. The highest BCUT2D eigenvalue weighted by atomic mass is 32.2. The lowest BCUT2D eigenvalue weighted by molar-refractivity contribution is 1.14. The van der Waals surface area contributed by atoms with E-state index in [2.05, 4.69) is 23.2 Å². The topological polar surface area (TPSA) is 17.3 Å². The van der Waals surface area contributed by atoms with Gasteiger partial charge < -0.3 is 4.40 Å². The van der Waals surface area contributed by atoms with Crippen LogP contribution in [0.2, 0.25) is 0 Å². The second kappa shape index (κ2) is 4.02. The maximum Gasteiger partial charge on any atom is 0.150 e. The lowest BCUT2D eigenvalue weighted by Crippen LogP contribution is -1.84. The molecule has 0 aliphatic heterocycles. The van der Waals surface area contributed by atoms with Gasteiger partial charge in [-0.05, 0) is 24.3 Å². The van der Waals surface area contributed by atoms with Crippen LogP contribution in [0.1, 0.15) is 0 Å². The van der Waals surface area contributed by atoms with E-state index >= 15 is 0 Å². The van der Waals surface area contributed by atoms with Gasteiger partial charge in [-0.3, -0.25) is 0 Å². The van der Waals surface area contributed by atoms with Gasteiger partial charge in [-0.2, -0.15) is 0 Å². The van der Waals surface area contributed by atoms with Crippen LogP contribution < -0.4 is 0 Å². The molecule has 0 amide bonds. The summed E-state index contributed by atoms with van der Waals surface area (Å²) in [6.45, 7) is 0. The zero-order valence-electron chi connectivity index (χ0n) is 8.58. The van der Waals surface area contributed by atoms with Gasteiger partial charge in [0, 0.05) is 23.5 Å². The van der Waals surface area contributed by atoms with Crippen molar-refractivity contribution >= 4 is 17.4 Å². The number of hydrogen-bond acceptors (Lipinski definition) is 2. The quantitative estimate of drug-likeness (QED) is 0.665. The highest BCUT2D eigenvalue weighted by molar-refractivity contribution is 7.99. The number of imidazole rings is 1. The summed E-state index contributed by atoms with van der Waals surface area (Å²) < 4.78 is 2.03. The van der Waals surface area contributed by atoms with Crippen molar-refractivity contribution in [2.24, 2.45) is 0 Å². The molecule has 0 fully saturated rings. The van der Waals surface area contributed by atoms with Crippen molar-refractivity contribution in [3.8, 4) is 0 Å². The predicted molar refractivity (Wildman–Crippen MR) is 65.8 cm³/mol. The van der Waals surface area contributed by atoms with Crippen LogP contribution in [0.5, 0.6) is 0 Å². The Labute approximate surface area is 97.9 Å². The van der Waals surface area contributed by atoms with Crippen molar-refractivity contribution in [2.45, 2.75) is 9.79 Å². The number of fused-ring (bicyclic) bond motifs is 1. The maximum atomic E-state index is 4.36. The summed E-state index contributed by atoms with van der Waals surface area (Å²) in [4.78, 5) is 6.77. The van der Waals surface area contributed by atoms with Gasteiger partial charge in [0.1, 0.15) is 0 Å². The van der Waals surface area contributed by atoms with Crippen LogP contribution >= 0.6 is 11.8 Å². The molecule has 3 heteroatoms. The molecule has 0 N–H and O–H groups in total. The minimum atomic E-state index is 1.01. The number of nitrogens with zero attached hydrogens (tertiary/aromatic N) is 2. The third-order valence-corrected chi connectivity index (χ3v) is 3.40. The first kappa shape index (κ1) is 9.48. The fourth-order valence-electron chi connectivity index (χ4n) is 1.62. The highest BCUT2D eigenvalue weighted by Crippen LogP contribution is 2.29. The van der Waals surface area contributed by atoms with Crippen molar-refractivity contribution in [3.63, 3.8) is 0 Å². The number of benzene rings is 1. The Morgan fingerprint density at radius 1 is 0.938 bits per heavy atom. The maximum absolute atomic E-state index is 4.36. The fraction of sp³-hybridized carbons (Fsp3) is 0. The van der Waals surface area contributed by atoms with Crippen LogP contribution in [-0.2, 0) is 0 Å². The Bertz CT molecular complexity index is 601. The number of aromatic nitrogens is 2. The third-order valence-electron chi connectivity index (χ3n) is 2.35. The number of rotatable bonds is 2. The molecule has 2 heterocycles. The van der Waals surface area contributed by atoms with Crippen molar-refractivity contribution in [1.82, 2.24) is 9.38 Å². The molecule has 3 aromatic rings. The van der Waals surface area contributed by atoms with Crippen molar-refractivity contribution in [2.75, 3.05) is 0 Å². The average Bonchev–Trinajstić information content (AvgIpc) is 2.80. The molecule has 0 aliphatic carbocycles. The van der Waals surface area contributed by atoms with Crippen molar-refractivity contribution in [1.29, 1.82) is 0 Å². The summed E-state index contributed by atoms with van der Waals surface area (Å²) in [5.41, 5.74) is 1.01. The second-order valence-corrected chi connectivity index (χ2v) is 4.56. The van der Waals surface area contributed by atoms with E-state index < -0.39 is 0 Å². The lowest BCUT2D eigenvalue weighted by atomic mass is 10.4. The summed E-state index contributed by atoms with van der Waals surface area (Å²) in [5, 5.41) is 0. The van der Waals surface area contributed by atoms with Gasteiger partial charge in [-0.1, -0.05) is 30.0 Å². The molecule has 0 unspecified atom stereocenters. The molecule has 2 aromatic heterocycles. The van der Waals surface area contributed by atoms with Gasteiger partial charge in [0.05, 0.1) is 4.90 Å². The Balaban J connectivity index is 2.04. The standard InChI is InChI=1S/C13H10N2S/c1-2-5-11(6-3-1)16-12-7-4-9-15-10-8-14-13(12)15/h1-10H. The van der Waals surface area contributed by atoms with Crippen LogP contribution in [-0.4, -0.2) is 9.38 Å². The molecule has 3 rings (SSSR count). The SMILES string of the molecule is c1ccc(Sc2cccn3ccnc23)cc1. The Kier molecular flexibility index (Phi) is 2.38. The van der Waals surface area contributed by atoms with E-state index in [0.717, 1.165) is 5.65 Å².